The van der Waals surface area contributed by atoms with Crippen LogP contribution in [-0.2, 0) is 0 Å². The van der Waals surface area contributed by atoms with Crippen LogP contribution in [0.5, 0.6) is 5.75 Å². The first-order valence-electron chi connectivity index (χ1n) is 3.63. The zero-order valence-corrected chi connectivity index (χ0v) is 7.65. The highest BCUT2D eigenvalue weighted by atomic mass is 35.5. The van der Waals surface area contributed by atoms with Crippen LogP contribution in [-0.4, -0.2) is 6.10 Å². The van der Waals surface area contributed by atoms with E-state index in [-0.39, 0.29) is 6.10 Å². The Hall–Kier alpha value is -0.760. The van der Waals surface area contributed by atoms with Crippen molar-refractivity contribution in [1.82, 2.24) is 0 Å². The highest BCUT2D eigenvalue weighted by molar-refractivity contribution is 6.30. The third kappa shape index (κ3) is 2.70. The molecule has 1 radical (unpaired) electrons. The van der Waals surface area contributed by atoms with Gasteiger partial charge in [-0.2, -0.15) is 0 Å². The summed E-state index contributed by atoms with van der Waals surface area (Å²) in [6.07, 6.45) is -0.000818. The fraction of sp³-hybridized carbons (Fsp3) is 0.333. The van der Waals surface area contributed by atoms with E-state index in [0.717, 1.165) is 0 Å². The smallest absolute Gasteiger partial charge is 0.136 e. The molecule has 0 aromatic heterocycles. The molecule has 1 aromatic rings. The summed E-state index contributed by atoms with van der Waals surface area (Å²) in [5.41, 5.74) is 0. The number of ether oxygens (including phenoxy) is 1. The Balaban J connectivity index is 2.85. The fourth-order valence-corrected chi connectivity index (χ4v) is 0.990. The predicted molar refractivity (Wildman–Crippen MR) is 46.0 cm³/mol. The van der Waals surface area contributed by atoms with Crippen molar-refractivity contribution < 1.29 is 9.13 Å². The van der Waals surface area contributed by atoms with Crippen LogP contribution in [0.2, 0.25) is 5.02 Å². The van der Waals surface area contributed by atoms with Gasteiger partial charge in [0.2, 0.25) is 0 Å². The lowest BCUT2D eigenvalue weighted by atomic mass is 10.3. The lowest BCUT2D eigenvalue weighted by Crippen LogP contribution is -2.05. The van der Waals surface area contributed by atoms with Gasteiger partial charge in [-0.05, 0) is 26.0 Å². The number of hydrogen-bond donors (Lipinski definition) is 0. The van der Waals surface area contributed by atoms with E-state index in [9.17, 15) is 4.39 Å². The van der Waals surface area contributed by atoms with Crippen molar-refractivity contribution in [2.45, 2.75) is 20.0 Å². The van der Waals surface area contributed by atoms with Gasteiger partial charge >= 0.3 is 0 Å². The lowest BCUT2D eigenvalue weighted by molar-refractivity contribution is 0.241. The number of hydrogen-bond acceptors (Lipinski definition) is 1. The second-order valence-electron chi connectivity index (χ2n) is 2.68. The molecule has 1 aromatic carbocycles. The zero-order chi connectivity index (χ0) is 9.14. The maximum Gasteiger partial charge on any atom is 0.136 e. The van der Waals surface area contributed by atoms with Crippen LogP contribution < -0.4 is 4.74 Å². The normalized spacial score (nSPS) is 10.4. The van der Waals surface area contributed by atoms with Crippen LogP contribution in [0.1, 0.15) is 13.8 Å². The summed E-state index contributed by atoms with van der Waals surface area (Å²) in [6, 6.07) is 5.13. The van der Waals surface area contributed by atoms with Crippen LogP contribution in [0.4, 0.5) is 4.39 Å². The van der Waals surface area contributed by atoms with Gasteiger partial charge in [-0.25, -0.2) is 4.39 Å². The van der Waals surface area contributed by atoms with Gasteiger partial charge < -0.3 is 4.74 Å². The summed E-state index contributed by atoms with van der Waals surface area (Å²) in [6.45, 7) is 3.71. The van der Waals surface area contributed by atoms with E-state index in [1.165, 1.54) is 12.1 Å². The van der Waals surface area contributed by atoms with E-state index in [0.29, 0.717) is 10.8 Å². The van der Waals surface area contributed by atoms with Crippen LogP contribution in [0, 0.1) is 11.9 Å². The van der Waals surface area contributed by atoms with Gasteiger partial charge in [-0.1, -0.05) is 11.6 Å². The molecule has 65 valence electrons. The molecule has 0 fully saturated rings. The molecule has 1 nitrogen and oxygen atoms in total. The minimum absolute atomic E-state index is 0.000818. The van der Waals surface area contributed by atoms with E-state index < -0.39 is 5.82 Å². The van der Waals surface area contributed by atoms with Crippen molar-refractivity contribution in [3.05, 3.63) is 29.0 Å². The Bertz CT molecular complexity index is 253. The van der Waals surface area contributed by atoms with Gasteiger partial charge in [0.05, 0.1) is 12.2 Å². The summed E-state index contributed by atoms with van der Waals surface area (Å²) in [4.78, 5) is 0. The summed E-state index contributed by atoms with van der Waals surface area (Å²) in [5, 5.41) is 0.321. The maximum absolute atomic E-state index is 12.7. The third-order valence-electron chi connectivity index (χ3n) is 1.14. The average molecular weight is 188 g/mol. The minimum atomic E-state index is -0.502. The Morgan fingerprint density at radius 1 is 1.50 bits per heavy atom. The van der Waals surface area contributed by atoms with Crippen molar-refractivity contribution in [3.63, 3.8) is 0 Å². The first kappa shape index (κ1) is 9.33. The molecule has 0 amide bonds. The Labute approximate surface area is 76.1 Å². The molecule has 0 saturated heterocycles. The molecule has 0 heterocycles. The van der Waals surface area contributed by atoms with Crippen molar-refractivity contribution in [2.24, 2.45) is 0 Å². The topological polar surface area (TPSA) is 9.23 Å². The quantitative estimate of drug-likeness (QED) is 0.692. The molecule has 0 unspecified atom stereocenters. The molecule has 0 N–H and O–H groups in total. The largest absolute Gasteiger partial charge is 0.490 e. The van der Waals surface area contributed by atoms with E-state index in [4.69, 9.17) is 16.3 Å². The summed E-state index contributed by atoms with van der Waals surface area (Å²) >= 11 is 5.59. The number of rotatable bonds is 2. The van der Waals surface area contributed by atoms with Gasteiger partial charge in [-0.3, -0.25) is 0 Å². The minimum Gasteiger partial charge on any atom is -0.490 e. The van der Waals surface area contributed by atoms with E-state index >= 15 is 0 Å². The van der Waals surface area contributed by atoms with Crippen LogP contribution in [0.15, 0.2) is 12.1 Å². The second kappa shape index (κ2) is 3.76. The van der Waals surface area contributed by atoms with Crippen molar-refractivity contribution >= 4 is 11.6 Å². The molecule has 0 aliphatic rings. The molecular formula is C9H9ClFO. The molecular weight excluding hydrogens is 179 g/mol. The molecule has 0 aliphatic carbocycles. The highest BCUT2D eigenvalue weighted by Crippen LogP contribution is 2.20. The SMILES string of the molecule is CC(C)Oc1[c]c(F)cc(Cl)c1. The molecule has 1 rings (SSSR count). The second-order valence-corrected chi connectivity index (χ2v) is 3.11. The van der Waals surface area contributed by atoms with Crippen molar-refractivity contribution in [3.8, 4) is 5.75 Å². The average Bonchev–Trinajstić information content (AvgIpc) is 1.81. The van der Waals surface area contributed by atoms with Gasteiger partial charge in [0, 0.05) is 5.02 Å². The van der Waals surface area contributed by atoms with Gasteiger partial charge in [0.25, 0.3) is 0 Å². The third-order valence-corrected chi connectivity index (χ3v) is 1.36. The first-order chi connectivity index (χ1) is 5.58. The lowest BCUT2D eigenvalue weighted by Gasteiger charge is -2.08. The highest BCUT2D eigenvalue weighted by Gasteiger charge is 2.02. The molecule has 0 atom stereocenters. The predicted octanol–water partition coefficient (Wildman–Crippen LogP) is 3.07. The van der Waals surface area contributed by atoms with Gasteiger partial charge in [0.15, 0.2) is 0 Å². The zero-order valence-electron chi connectivity index (χ0n) is 6.90. The molecule has 0 aliphatic heterocycles. The molecule has 0 bridgehead atoms. The molecule has 3 heteroatoms. The summed E-state index contributed by atoms with van der Waals surface area (Å²) in [5.74, 6) is -0.159. The number of halogens is 2. The fourth-order valence-electron chi connectivity index (χ4n) is 0.795. The number of benzene rings is 1. The Morgan fingerprint density at radius 3 is 2.67 bits per heavy atom. The monoisotopic (exact) mass is 187 g/mol. The first-order valence-corrected chi connectivity index (χ1v) is 4.01. The van der Waals surface area contributed by atoms with E-state index in [1.807, 2.05) is 13.8 Å². The summed E-state index contributed by atoms with van der Waals surface area (Å²) < 4.78 is 17.9. The molecule has 0 saturated carbocycles. The summed E-state index contributed by atoms with van der Waals surface area (Å²) in [7, 11) is 0. The van der Waals surface area contributed by atoms with Crippen LogP contribution in [0.3, 0.4) is 0 Å². The van der Waals surface area contributed by atoms with E-state index in [2.05, 4.69) is 6.07 Å². The van der Waals surface area contributed by atoms with Crippen molar-refractivity contribution in [1.29, 1.82) is 0 Å². The van der Waals surface area contributed by atoms with Gasteiger partial charge in [-0.15, -0.1) is 0 Å². The maximum atomic E-state index is 12.7. The van der Waals surface area contributed by atoms with Crippen molar-refractivity contribution in [2.75, 3.05) is 0 Å². The molecule has 0 spiro atoms. The van der Waals surface area contributed by atoms with Gasteiger partial charge in [0.1, 0.15) is 11.6 Å². The molecule has 12 heavy (non-hydrogen) atoms. The Morgan fingerprint density at radius 2 is 2.17 bits per heavy atom. The standard InChI is InChI=1S/C9H9ClFO/c1-6(2)12-9-4-7(10)3-8(11)5-9/h3-4,6H,1-2H3. The Kier molecular flexibility index (Phi) is 2.93. The van der Waals surface area contributed by atoms with Crippen LogP contribution in [0.25, 0.3) is 0 Å². The van der Waals surface area contributed by atoms with Crippen LogP contribution >= 0.6 is 11.6 Å². The van der Waals surface area contributed by atoms with E-state index in [1.54, 1.807) is 0 Å².